The highest BCUT2D eigenvalue weighted by Crippen LogP contribution is 2.31. The molecule has 0 fully saturated rings. The number of Topliss-reactive ketones (excluding diaryl/α,β-unsaturated/α-hetero) is 1. The quantitative estimate of drug-likeness (QED) is 0.470. The molecule has 0 spiro atoms. The normalized spacial score (nSPS) is 11.3. The zero-order valence-electron chi connectivity index (χ0n) is 16.8. The Hall–Kier alpha value is -2.79. The molecule has 5 heteroatoms. The molecule has 0 unspecified atom stereocenters. The van der Waals surface area contributed by atoms with Gasteiger partial charge in [-0.25, -0.2) is 4.98 Å². The number of aromatic nitrogens is 1. The Balaban J connectivity index is 1.78. The maximum atomic E-state index is 12.7. The predicted octanol–water partition coefficient (Wildman–Crippen LogP) is 5.36. The van der Waals surface area contributed by atoms with Gasteiger partial charge in [0.1, 0.15) is 17.3 Å². The van der Waals surface area contributed by atoms with Crippen LogP contribution >= 0.6 is 11.3 Å². The van der Waals surface area contributed by atoms with E-state index in [0.29, 0.717) is 10.6 Å². The van der Waals surface area contributed by atoms with Crippen molar-refractivity contribution in [1.82, 2.24) is 4.98 Å². The first-order valence-corrected chi connectivity index (χ1v) is 9.96. The number of benzene rings is 2. The van der Waals surface area contributed by atoms with Crippen LogP contribution in [-0.4, -0.2) is 28.6 Å². The molecule has 0 bridgehead atoms. The summed E-state index contributed by atoms with van der Waals surface area (Å²) in [5.41, 5.74) is 6.61. The number of phenolic OH excluding ortho intramolecular Hbond substituents is 1. The number of hydrogen-bond acceptors (Lipinski definition) is 5. The van der Waals surface area contributed by atoms with Crippen LogP contribution < -0.4 is 0 Å². The van der Waals surface area contributed by atoms with Crippen LogP contribution in [-0.2, 0) is 0 Å². The first kappa shape index (κ1) is 20.0. The third kappa shape index (κ3) is 4.20. The van der Waals surface area contributed by atoms with Crippen molar-refractivity contribution in [3.05, 3.63) is 68.7 Å². The maximum Gasteiger partial charge on any atom is 0.196 e. The van der Waals surface area contributed by atoms with Gasteiger partial charge in [-0.2, -0.15) is 0 Å². The van der Waals surface area contributed by atoms with Gasteiger partial charge in [-0.3, -0.25) is 9.79 Å². The lowest BCUT2D eigenvalue weighted by Gasteiger charge is -2.04. The molecule has 4 nitrogen and oxygen atoms in total. The van der Waals surface area contributed by atoms with Crippen molar-refractivity contribution in [2.75, 3.05) is 6.54 Å². The molecule has 0 radical (unpaired) electrons. The summed E-state index contributed by atoms with van der Waals surface area (Å²) in [6, 6.07) is 9.97. The van der Waals surface area contributed by atoms with E-state index in [9.17, 15) is 9.90 Å². The number of ketones is 1. The van der Waals surface area contributed by atoms with Crippen molar-refractivity contribution in [3.63, 3.8) is 0 Å². The van der Waals surface area contributed by atoms with Crippen LogP contribution in [0.5, 0.6) is 5.75 Å². The molecule has 0 amide bonds. The maximum absolute atomic E-state index is 12.7. The minimum Gasteiger partial charge on any atom is -0.507 e. The van der Waals surface area contributed by atoms with Crippen LogP contribution in [0.15, 0.2) is 35.3 Å². The molecule has 28 heavy (non-hydrogen) atoms. The number of carbonyl (C=O) groups is 1. The van der Waals surface area contributed by atoms with Crippen LogP contribution in [0.4, 0.5) is 0 Å². The zero-order chi connectivity index (χ0) is 20.4. The lowest BCUT2D eigenvalue weighted by molar-refractivity contribution is 0.100. The largest absolute Gasteiger partial charge is 0.507 e. The highest BCUT2D eigenvalue weighted by atomic mass is 32.1. The first-order valence-electron chi connectivity index (χ1n) is 9.14. The Morgan fingerprint density at radius 3 is 2.43 bits per heavy atom. The summed E-state index contributed by atoms with van der Waals surface area (Å²) >= 11 is 1.43. The van der Waals surface area contributed by atoms with Gasteiger partial charge in [-0.1, -0.05) is 17.7 Å². The number of carbonyl (C=O) groups excluding carboxylic acids is 1. The Kier molecular flexibility index (Phi) is 5.75. The lowest BCUT2D eigenvalue weighted by atomic mass is 10.1. The highest BCUT2D eigenvalue weighted by molar-refractivity contribution is 7.17. The second-order valence-electron chi connectivity index (χ2n) is 7.15. The smallest absolute Gasteiger partial charge is 0.196 e. The molecule has 3 aromatic rings. The average molecular weight is 393 g/mol. The summed E-state index contributed by atoms with van der Waals surface area (Å²) in [6.07, 6.45) is 1.68. The van der Waals surface area contributed by atoms with Crippen LogP contribution in [0.2, 0.25) is 0 Å². The van der Waals surface area contributed by atoms with E-state index in [0.717, 1.165) is 38.5 Å². The van der Waals surface area contributed by atoms with Crippen molar-refractivity contribution >= 4 is 23.3 Å². The number of hydrogen-bond donors (Lipinski definition) is 1. The summed E-state index contributed by atoms with van der Waals surface area (Å²) in [5, 5.41) is 10.7. The Morgan fingerprint density at radius 2 is 1.75 bits per heavy atom. The van der Waals surface area contributed by atoms with E-state index in [-0.39, 0.29) is 12.3 Å². The van der Waals surface area contributed by atoms with Crippen LogP contribution in [0.25, 0.3) is 10.6 Å². The predicted molar refractivity (Wildman–Crippen MR) is 116 cm³/mol. The first-order chi connectivity index (χ1) is 13.3. The number of nitrogens with zero attached hydrogens (tertiary/aromatic N) is 2. The summed E-state index contributed by atoms with van der Waals surface area (Å²) in [6.45, 7) is 9.75. The van der Waals surface area contributed by atoms with Gasteiger partial charge in [0.2, 0.25) is 0 Å². The average Bonchev–Trinajstić information content (AvgIpc) is 3.03. The second kappa shape index (κ2) is 8.07. The Morgan fingerprint density at radius 1 is 1.07 bits per heavy atom. The molecule has 0 saturated heterocycles. The summed E-state index contributed by atoms with van der Waals surface area (Å²) in [4.78, 5) is 22.2. The summed E-state index contributed by atoms with van der Waals surface area (Å²) in [5.74, 6) is 0.266. The van der Waals surface area contributed by atoms with E-state index in [1.54, 1.807) is 6.21 Å². The number of rotatable bonds is 5. The van der Waals surface area contributed by atoms with Gasteiger partial charge < -0.3 is 5.11 Å². The highest BCUT2D eigenvalue weighted by Gasteiger charge is 2.17. The topological polar surface area (TPSA) is 62.5 Å². The van der Waals surface area contributed by atoms with E-state index in [1.165, 1.54) is 16.9 Å². The summed E-state index contributed by atoms with van der Waals surface area (Å²) < 4.78 is 0. The number of aliphatic imine (C=N–C) groups is 1. The van der Waals surface area contributed by atoms with E-state index in [2.05, 4.69) is 42.0 Å². The second-order valence-corrected chi connectivity index (χ2v) is 8.15. The van der Waals surface area contributed by atoms with Crippen molar-refractivity contribution in [2.45, 2.75) is 34.6 Å². The van der Waals surface area contributed by atoms with Crippen LogP contribution in [0.1, 0.15) is 43.2 Å². The number of aromatic hydroxyl groups is 1. The molecule has 1 aromatic heterocycles. The van der Waals surface area contributed by atoms with Crippen LogP contribution in [0, 0.1) is 34.6 Å². The van der Waals surface area contributed by atoms with Gasteiger partial charge in [-0.05, 0) is 75.1 Å². The van der Waals surface area contributed by atoms with Gasteiger partial charge in [0.15, 0.2) is 5.78 Å². The fourth-order valence-corrected chi connectivity index (χ4v) is 4.18. The van der Waals surface area contributed by atoms with Gasteiger partial charge >= 0.3 is 0 Å². The third-order valence-electron chi connectivity index (χ3n) is 4.66. The minimum atomic E-state index is -0.0324. The lowest BCUT2D eigenvalue weighted by Crippen LogP contribution is -2.03. The molecular formula is C23H24N2O2S. The van der Waals surface area contributed by atoms with Crippen LogP contribution in [0.3, 0.4) is 0 Å². The molecule has 3 rings (SSSR count). The van der Waals surface area contributed by atoms with Gasteiger partial charge in [0.25, 0.3) is 0 Å². The van der Waals surface area contributed by atoms with Gasteiger partial charge in [-0.15, -0.1) is 11.3 Å². The zero-order valence-corrected chi connectivity index (χ0v) is 17.6. The van der Waals surface area contributed by atoms with Gasteiger partial charge in [0.05, 0.1) is 10.6 Å². The number of aryl methyl sites for hydroxylation is 5. The molecule has 1 N–H and O–H groups in total. The molecule has 0 atom stereocenters. The fraction of sp³-hybridized carbons (Fsp3) is 0.261. The van der Waals surface area contributed by atoms with E-state index in [1.807, 2.05) is 32.9 Å². The third-order valence-corrected chi connectivity index (χ3v) is 5.89. The van der Waals surface area contributed by atoms with Crippen molar-refractivity contribution < 1.29 is 9.90 Å². The van der Waals surface area contributed by atoms with Crippen molar-refractivity contribution in [2.24, 2.45) is 4.99 Å². The fourth-order valence-electron chi connectivity index (χ4n) is 3.11. The van der Waals surface area contributed by atoms with Crippen molar-refractivity contribution in [1.29, 1.82) is 0 Å². The van der Waals surface area contributed by atoms with E-state index >= 15 is 0 Å². The van der Waals surface area contributed by atoms with E-state index < -0.39 is 0 Å². The van der Waals surface area contributed by atoms with E-state index in [4.69, 9.17) is 0 Å². The molecular weight excluding hydrogens is 368 g/mol. The molecule has 144 valence electrons. The molecule has 2 aromatic carbocycles. The Bertz CT molecular complexity index is 1060. The number of thiazole rings is 1. The monoisotopic (exact) mass is 392 g/mol. The Labute approximate surface area is 169 Å². The standard InChI is InChI=1S/C23H24N2O2S/c1-13-6-7-14(2)19(8-13)23-25-17(5)22(28-23)20(26)12-24-11-18-9-15(3)21(27)16(4)10-18/h6-11,27H,12H2,1-5H3. The van der Waals surface area contributed by atoms with Crippen molar-refractivity contribution in [3.8, 4) is 16.3 Å². The number of phenols is 1. The summed E-state index contributed by atoms with van der Waals surface area (Å²) in [7, 11) is 0. The van der Waals surface area contributed by atoms with Gasteiger partial charge in [0, 0.05) is 11.8 Å². The molecule has 1 heterocycles. The SMILES string of the molecule is Cc1ccc(C)c(-c2nc(C)c(C(=O)CN=Cc3cc(C)c(O)c(C)c3)s2)c1. The molecule has 0 aliphatic heterocycles. The minimum absolute atomic E-state index is 0.0324. The molecule has 0 aliphatic rings. The molecule has 0 aliphatic carbocycles. The molecule has 0 saturated carbocycles.